The summed E-state index contributed by atoms with van der Waals surface area (Å²) in [5, 5.41) is 9.53. The van der Waals surface area contributed by atoms with Crippen molar-refractivity contribution >= 4 is 0 Å². The van der Waals surface area contributed by atoms with E-state index in [1.54, 1.807) is 6.92 Å². The first-order valence-corrected chi connectivity index (χ1v) is 7.08. The molecule has 0 saturated heterocycles. The third kappa shape index (κ3) is 3.49. The molecule has 1 aliphatic carbocycles. The highest BCUT2D eigenvalue weighted by Gasteiger charge is 2.14. The van der Waals surface area contributed by atoms with Crippen LogP contribution in [0, 0.1) is 12.8 Å². The quantitative estimate of drug-likeness (QED) is 0.872. The molecular formula is C16H24O2. The van der Waals surface area contributed by atoms with Crippen LogP contribution in [0.4, 0.5) is 0 Å². The zero-order valence-corrected chi connectivity index (χ0v) is 11.5. The Hall–Kier alpha value is -1.02. The molecule has 2 heteroatoms. The molecule has 0 aromatic heterocycles. The first-order valence-electron chi connectivity index (χ1n) is 7.08. The van der Waals surface area contributed by atoms with Crippen molar-refractivity contribution in [3.8, 4) is 5.75 Å². The van der Waals surface area contributed by atoms with E-state index in [9.17, 15) is 5.11 Å². The van der Waals surface area contributed by atoms with Crippen LogP contribution in [-0.2, 0) is 0 Å². The molecule has 0 heterocycles. The number of aliphatic hydroxyl groups excluding tert-OH is 1. The van der Waals surface area contributed by atoms with Crippen molar-refractivity contribution in [1.29, 1.82) is 0 Å². The van der Waals surface area contributed by atoms with Crippen molar-refractivity contribution in [3.05, 3.63) is 29.3 Å². The maximum Gasteiger partial charge on any atom is 0.122 e. The SMILES string of the molecule is Cc1cc([C@H](C)O)ccc1OCC1CCCCC1. The Bertz CT molecular complexity index is 379. The second-order valence-corrected chi connectivity index (χ2v) is 5.52. The van der Waals surface area contributed by atoms with E-state index in [1.165, 1.54) is 32.1 Å². The van der Waals surface area contributed by atoms with E-state index in [0.29, 0.717) is 0 Å². The van der Waals surface area contributed by atoms with E-state index in [2.05, 4.69) is 0 Å². The van der Waals surface area contributed by atoms with Crippen LogP contribution in [0.1, 0.15) is 56.3 Å². The zero-order chi connectivity index (χ0) is 13.0. The lowest BCUT2D eigenvalue weighted by molar-refractivity contribution is 0.197. The maximum absolute atomic E-state index is 9.53. The summed E-state index contributed by atoms with van der Waals surface area (Å²) in [7, 11) is 0. The lowest BCUT2D eigenvalue weighted by Gasteiger charge is -2.22. The van der Waals surface area contributed by atoms with Gasteiger partial charge >= 0.3 is 0 Å². The Kier molecular flexibility index (Phi) is 4.65. The summed E-state index contributed by atoms with van der Waals surface area (Å²) in [5.74, 6) is 1.69. The lowest BCUT2D eigenvalue weighted by Crippen LogP contribution is -2.15. The molecule has 0 aliphatic heterocycles. The average Bonchev–Trinajstić information content (AvgIpc) is 2.38. The molecule has 100 valence electrons. The normalized spacial score (nSPS) is 18.6. The molecule has 1 aromatic carbocycles. The molecule has 1 atom stereocenters. The van der Waals surface area contributed by atoms with Crippen molar-refractivity contribution in [2.75, 3.05) is 6.61 Å². The van der Waals surface area contributed by atoms with Gasteiger partial charge < -0.3 is 9.84 Å². The van der Waals surface area contributed by atoms with Gasteiger partial charge in [-0.1, -0.05) is 25.3 Å². The first-order chi connectivity index (χ1) is 8.66. The van der Waals surface area contributed by atoms with Crippen molar-refractivity contribution in [3.63, 3.8) is 0 Å². The van der Waals surface area contributed by atoms with Gasteiger partial charge in [-0.25, -0.2) is 0 Å². The molecule has 0 unspecified atom stereocenters. The second kappa shape index (κ2) is 6.24. The molecule has 0 radical (unpaired) electrons. The summed E-state index contributed by atoms with van der Waals surface area (Å²) in [4.78, 5) is 0. The van der Waals surface area contributed by atoms with Gasteiger partial charge in [-0.05, 0) is 55.9 Å². The van der Waals surface area contributed by atoms with Gasteiger partial charge in [0.2, 0.25) is 0 Å². The van der Waals surface area contributed by atoms with Crippen molar-refractivity contribution in [2.45, 2.75) is 52.1 Å². The smallest absolute Gasteiger partial charge is 0.122 e. The fraction of sp³-hybridized carbons (Fsp3) is 0.625. The van der Waals surface area contributed by atoms with Gasteiger partial charge in [0.15, 0.2) is 0 Å². The number of rotatable bonds is 4. The summed E-state index contributed by atoms with van der Waals surface area (Å²) >= 11 is 0. The van der Waals surface area contributed by atoms with Crippen LogP contribution in [0.25, 0.3) is 0 Å². The predicted molar refractivity (Wildman–Crippen MR) is 73.9 cm³/mol. The van der Waals surface area contributed by atoms with Gasteiger partial charge in [-0.15, -0.1) is 0 Å². The van der Waals surface area contributed by atoms with Crippen molar-refractivity contribution < 1.29 is 9.84 Å². The van der Waals surface area contributed by atoms with Crippen LogP contribution < -0.4 is 4.74 Å². The molecule has 0 amide bonds. The molecule has 0 spiro atoms. The van der Waals surface area contributed by atoms with Gasteiger partial charge in [-0.3, -0.25) is 0 Å². The van der Waals surface area contributed by atoms with Gasteiger partial charge in [-0.2, -0.15) is 0 Å². The number of aliphatic hydroxyl groups is 1. The Balaban J connectivity index is 1.92. The van der Waals surface area contributed by atoms with E-state index in [1.807, 2.05) is 25.1 Å². The minimum atomic E-state index is -0.406. The van der Waals surface area contributed by atoms with E-state index in [-0.39, 0.29) is 0 Å². The Labute approximate surface area is 110 Å². The second-order valence-electron chi connectivity index (χ2n) is 5.52. The minimum Gasteiger partial charge on any atom is -0.493 e. The van der Waals surface area contributed by atoms with Crippen molar-refractivity contribution in [2.24, 2.45) is 5.92 Å². The zero-order valence-electron chi connectivity index (χ0n) is 11.5. The summed E-state index contributed by atoms with van der Waals surface area (Å²) in [6, 6.07) is 5.95. The van der Waals surface area contributed by atoms with Crippen LogP contribution in [0.5, 0.6) is 5.75 Å². The van der Waals surface area contributed by atoms with Gasteiger partial charge in [0.05, 0.1) is 12.7 Å². The average molecular weight is 248 g/mol. The van der Waals surface area contributed by atoms with Crippen LogP contribution in [-0.4, -0.2) is 11.7 Å². The van der Waals surface area contributed by atoms with Crippen LogP contribution >= 0.6 is 0 Å². The van der Waals surface area contributed by atoms with Crippen LogP contribution in [0.15, 0.2) is 18.2 Å². The number of benzene rings is 1. The molecule has 1 N–H and O–H groups in total. The highest BCUT2D eigenvalue weighted by atomic mass is 16.5. The molecule has 1 fully saturated rings. The summed E-state index contributed by atoms with van der Waals surface area (Å²) < 4.78 is 5.93. The molecule has 18 heavy (non-hydrogen) atoms. The Morgan fingerprint density at radius 3 is 2.61 bits per heavy atom. The van der Waals surface area contributed by atoms with Gasteiger partial charge in [0.1, 0.15) is 5.75 Å². The Morgan fingerprint density at radius 1 is 1.28 bits per heavy atom. The minimum absolute atomic E-state index is 0.406. The van der Waals surface area contributed by atoms with E-state index >= 15 is 0 Å². The number of hydrogen-bond donors (Lipinski definition) is 1. The van der Waals surface area contributed by atoms with Crippen LogP contribution in [0.2, 0.25) is 0 Å². The predicted octanol–water partition coefficient (Wildman–Crippen LogP) is 4.01. The summed E-state index contributed by atoms with van der Waals surface area (Å²) in [5.41, 5.74) is 2.07. The molecule has 2 nitrogen and oxygen atoms in total. The highest BCUT2D eigenvalue weighted by Crippen LogP contribution is 2.27. The highest BCUT2D eigenvalue weighted by molar-refractivity contribution is 5.36. The molecular weight excluding hydrogens is 224 g/mol. The molecule has 2 rings (SSSR count). The van der Waals surface area contributed by atoms with Gasteiger partial charge in [0.25, 0.3) is 0 Å². The summed E-state index contributed by atoms with van der Waals surface area (Å²) in [6.45, 7) is 4.67. The van der Waals surface area contributed by atoms with E-state index in [0.717, 1.165) is 29.4 Å². The molecule has 1 aliphatic rings. The molecule has 1 saturated carbocycles. The Morgan fingerprint density at radius 2 is 2.00 bits per heavy atom. The van der Waals surface area contributed by atoms with Gasteiger partial charge in [0, 0.05) is 0 Å². The van der Waals surface area contributed by atoms with E-state index < -0.39 is 6.10 Å². The maximum atomic E-state index is 9.53. The third-order valence-electron chi connectivity index (χ3n) is 3.88. The largest absolute Gasteiger partial charge is 0.493 e. The van der Waals surface area contributed by atoms with Crippen molar-refractivity contribution in [1.82, 2.24) is 0 Å². The van der Waals surface area contributed by atoms with Crippen LogP contribution in [0.3, 0.4) is 0 Å². The third-order valence-corrected chi connectivity index (χ3v) is 3.88. The number of ether oxygens (including phenoxy) is 1. The summed E-state index contributed by atoms with van der Waals surface area (Å²) in [6.07, 6.45) is 6.31. The first kappa shape index (κ1) is 13.4. The fourth-order valence-corrected chi connectivity index (χ4v) is 2.66. The topological polar surface area (TPSA) is 29.5 Å². The standard InChI is InChI=1S/C16H24O2/c1-12-10-15(13(2)17)8-9-16(12)18-11-14-6-4-3-5-7-14/h8-10,13-14,17H,3-7,11H2,1-2H3/t13-/m0/s1. The fourth-order valence-electron chi connectivity index (χ4n) is 2.66. The number of aryl methyl sites for hydroxylation is 1. The molecule has 1 aromatic rings. The lowest BCUT2D eigenvalue weighted by atomic mass is 9.90. The number of hydrogen-bond acceptors (Lipinski definition) is 2. The molecule has 0 bridgehead atoms. The van der Waals surface area contributed by atoms with E-state index in [4.69, 9.17) is 4.74 Å². The monoisotopic (exact) mass is 248 g/mol.